The molecule has 4 atom stereocenters. The highest BCUT2D eigenvalue weighted by molar-refractivity contribution is 8.00. The predicted molar refractivity (Wildman–Crippen MR) is 77.2 cm³/mol. The molecule has 0 aromatic rings. The average molecular weight is 276 g/mol. The zero-order valence-corrected chi connectivity index (χ0v) is 13.5. The summed E-state index contributed by atoms with van der Waals surface area (Å²) in [5.74, 6) is 0. The summed E-state index contributed by atoms with van der Waals surface area (Å²) in [6.07, 6.45) is -0.560. The molecule has 0 radical (unpaired) electrons. The van der Waals surface area contributed by atoms with Crippen LogP contribution in [0.25, 0.3) is 0 Å². The largest absolute Gasteiger partial charge is 0.389 e. The number of thioether (sulfide) groups is 1. The van der Waals surface area contributed by atoms with Gasteiger partial charge in [0.05, 0.1) is 35.3 Å². The molecular weight excluding hydrogens is 248 g/mol. The summed E-state index contributed by atoms with van der Waals surface area (Å²) in [5.41, 5.74) is -0.389. The molecule has 0 aromatic heterocycles. The molecular formula is C14H28O3S. The van der Waals surface area contributed by atoms with E-state index in [0.29, 0.717) is 6.61 Å². The van der Waals surface area contributed by atoms with Crippen LogP contribution in [0.15, 0.2) is 0 Å². The van der Waals surface area contributed by atoms with Gasteiger partial charge in [-0.15, -0.1) is 11.8 Å². The maximum absolute atomic E-state index is 10.2. The fraction of sp³-hybridized carbons (Fsp3) is 1.00. The molecule has 18 heavy (non-hydrogen) atoms. The van der Waals surface area contributed by atoms with Crippen LogP contribution in [-0.4, -0.2) is 45.6 Å². The molecule has 1 fully saturated rings. The number of ether oxygens (including phenoxy) is 2. The maximum atomic E-state index is 10.2. The van der Waals surface area contributed by atoms with E-state index in [-0.39, 0.29) is 27.8 Å². The van der Waals surface area contributed by atoms with Crippen LogP contribution in [0, 0.1) is 0 Å². The molecule has 0 aliphatic carbocycles. The molecule has 1 N–H and O–H groups in total. The zero-order valence-electron chi connectivity index (χ0n) is 12.7. The first-order chi connectivity index (χ1) is 7.99. The lowest BCUT2D eigenvalue weighted by Gasteiger charge is -2.31. The van der Waals surface area contributed by atoms with E-state index in [4.69, 9.17) is 9.47 Å². The van der Waals surface area contributed by atoms with Crippen LogP contribution >= 0.6 is 11.8 Å². The second kappa shape index (κ2) is 5.70. The van der Waals surface area contributed by atoms with Gasteiger partial charge in [-0.25, -0.2) is 0 Å². The smallest absolute Gasteiger partial charge is 0.0992 e. The van der Waals surface area contributed by atoms with Gasteiger partial charge >= 0.3 is 0 Å². The molecule has 0 amide bonds. The Morgan fingerprint density at radius 2 is 1.61 bits per heavy atom. The molecule has 1 aliphatic heterocycles. The third-order valence-corrected chi connectivity index (χ3v) is 4.21. The Bertz CT molecular complexity index is 267. The lowest BCUT2D eigenvalue weighted by molar-refractivity contribution is -0.116. The fourth-order valence-corrected chi connectivity index (χ4v) is 3.33. The molecule has 1 saturated heterocycles. The summed E-state index contributed by atoms with van der Waals surface area (Å²) in [5, 5.41) is 10.6. The van der Waals surface area contributed by atoms with Gasteiger partial charge in [0.15, 0.2) is 0 Å². The third kappa shape index (κ3) is 5.08. The first-order valence-corrected chi connectivity index (χ1v) is 7.59. The predicted octanol–water partition coefficient (Wildman–Crippen LogP) is 2.85. The van der Waals surface area contributed by atoms with E-state index in [1.54, 1.807) is 11.8 Å². The molecule has 1 heterocycles. The molecule has 1 aliphatic rings. The standard InChI is InChI=1S/C14H28O3S/c1-9-11(15)12(17-14(5,6)7)10(18-9)8-16-13(2,3)4/h9-12,15H,8H2,1-7H3/t9-,10+,11+,12?/m0/s1. The maximum Gasteiger partial charge on any atom is 0.0992 e. The number of hydrogen-bond donors (Lipinski definition) is 1. The third-order valence-electron chi connectivity index (χ3n) is 2.74. The monoisotopic (exact) mass is 276 g/mol. The highest BCUT2D eigenvalue weighted by atomic mass is 32.2. The Labute approximate surface area is 116 Å². The van der Waals surface area contributed by atoms with E-state index in [1.165, 1.54) is 0 Å². The minimum atomic E-state index is -0.414. The Hall–Kier alpha value is 0.230. The van der Waals surface area contributed by atoms with Crippen LogP contribution < -0.4 is 0 Å². The van der Waals surface area contributed by atoms with Gasteiger partial charge in [-0.05, 0) is 41.5 Å². The summed E-state index contributed by atoms with van der Waals surface area (Å²) >= 11 is 1.76. The quantitative estimate of drug-likeness (QED) is 0.860. The summed E-state index contributed by atoms with van der Waals surface area (Å²) < 4.78 is 11.9. The van der Waals surface area contributed by atoms with Gasteiger partial charge in [0.25, 0.3) is 0 Å². The number of aliphatic hydroxyl groups excluding tert-OH is 1. The minimum Gasteiger partial charge on any atom is -0.389 e. The first kappa shape index (κ1) is 16.3. The SMILES string of the molecule is C[C@@H]1S[C@H](COC(C)(C)C)C(OC(C)(C)C)[C@@H]1O. The van der Waals surface area contributed by atoms with Crippen molar-refractivity contribution in [2.45, 2.75) is 82.4 Å². The van der Waals surface area contributed by atoms with Crippen molar-refractivity contribution in [1.29, 1.82) is 0 Å². The first-order valence-electron chi connectivity index (χ1n) is 6.65. The molecule has 0 aromatic carbocycles. The van der Waals surface area contributed by atoms with Crippen molar-refractivity contribution in [3.63, 3.8) is 0 Å². The molecule has 3 nitrogen and oxygen atoms in total. The lowest BCUT2D eigenvalue weighted by atomic mass is 10.1. The van der Waals surface area contributed by atoms with Crippen molar-refractivity contribution in [3.8, 4) is 0 Å². The zero-order chi connectivity index (χ0) is 14.1. The Kier molecular flexibility index (Phi) is 5.15. The van der Waals surface area contributed by atoms with Crippen LogP contribution in [0.4, 0.5) is 0 Å². The minimum absolute atomic E-state index is 0.146. The Balaban J connectivity index is 2.64. The van der Waals surface area contributed by atoms with Crippen LogP contribution in [-0.2, 0) is 9.47 Å². The number of aliphatic hydroxyl groups is 1. The van der Waals surface area contributed by atoms with Crippen LogP contribution in [0.1, 0.15) is 48.5 Å². The van der Waals surface area contributed by atoms with Gasteiger partial charge in [-0.3, -0.25) is 0 Å². The second-order valence-corrected chi connectivity index (χ2v) is 8.61. The van der Waals surface area contributed by atoms with Crippen LogP contribution in [0.3, 0.4) is 0 Å². The molecule has 0 bridgehead atoms. The molecule has 0 saturated carbocycles. The number of hydrogen-bond acceptors (Lipinski definition) is 4. The van der Waals surface area contributed by atoms with Gasteiger partial charge in [0.2, 0.25) is 0 Å². The summed E-state index contributed by atoms with van der Waals surface area (Å²) in [4.78, 5) is 0. The summed E-state index contributed by atoms with van der Waals surface area (Å²) in [6, 6.07) is 0. The van der Waals surface area contributed by atoms with Crippen molar-refractivity contribution in [1.82, 2.24) is 0 Å². The van der Waals surface area contributed by atoms with Gasteiger partial charge in [-0.1, -0.05) is 6.92 Å². The highest BCUT2D eigenvalue weighted by Crippen LogP contribution is 2.38. The number of rotatable bonds is 3. The molecule has 4 heteroatoms. The summed E-state index contributed by atoms with van der Waals surface area (Å²) in [6.45, 7) is 14.9. The fourth-order valence-electron chi connectivity index (χ4n) is 1.94. The normalized spacial score (nSPS) is 34.0. The topological polar surface area (TPSA) is 38.7 Å². The van der Waals surface area contributed by atoms with Gasteiger partial charge in [0.1, 0.15) is 0 Å². The van der Waals surface area contributed by atoms with Gasteiger partial charge in [-0.2, -0.15) is 0 Å². The lowest BCUT2D eigenvalue weighted by Crippen LogP contribution is -2.42. The second-order valence-electron chi connectivity index (χ2n) is 6.99. The van der Waals surface area contributed by atoms with Crippen molar-refractivity contribution in [2.75, 3.05) is 6.61 Å². The van der Waals surface area contributed by atoms with Gasteiger partial charge < -0.3 is 14.6 Å². The van der Waals surface area contributed by atoms with Crippen molar-refractivity contribution in [3.05, 3.63) is 0 Å². The summed E-state index contributed by atoms with van der Waals surface area (Å²) in [7, 11) is 0. The van der Waals surface area contributed by atoms with E-state index in [1.807, 2.05) is 48.5 Å². The Morgan fingerprint density at radius 3 is 2.06 bits per heavy atom. The van der Waals surface area contributed by atoms with E-state index in [0.717, 1.165) is 0 Å². The molecule has 1 rings (SSSR count). The average Bonchev–Trinajstić information content (AvgIpc) is 2.39. The van der Waals surface area contributed by atoms with E-state index in [2.05, 4.69) is 0 Å². The molecule has 0 spiro atoms. The highest BCUT2D eigenvalue weighted by Gasteiger charge is 2.43. The van der Waals surface area contributed by atoms with E-state index >= 15 is 0 Å². The van der Waals surface area contributed by atoms with Crippen molar-refractivity contribution >= 4 is 11.8 Å². The van der Waals surface area contributed by atoms with E-state index < -0.39 is 6.10 Å². The van der Waals surface area contributed by atoms with E-state index in [9.17, 15) is 5.11 Å². The molecule has 1 unspecified atom stereocenters. The van der Waals surface area contributed by atoms with Gasteiger partial charge in [0, 0.05) is 5.25 Å². The molecule has 108 valence electrons. The van der Waals surface area contributed by atoms with Crippen molar-refractivity contribution in [2.24, 2.45) is 0 Å². The van der Waals surface area contributed by atoms with Crippen LogP contribution in [0.2, 0.25) is 0 Å². The van der Waals surface area contributed by atoms with Crippen LogP contribution in [0.5, 0.6) is 0 Å². The van der Waals surface area contributed by atoms with Crippen molar-refractivity contribution < 1.29 is 14.6 Å². The Morgan fingerprint density at radius 1 is 1.06 bits per heavy atom.